The Kier molecular flexibility index (Phi) is 6.54. The van der Waals surface area contributed by atoms with Crippen LogP contribution in [-0.4, -0.2) is 24.3 Å². The fourth-order valence-corrected chi connectivity index (χ4v) is 3.87. The molecule has 0 aromatic heterocycles. The van der Waals surface area contributed by atoms with Crippen LogP contribution in [0.4, 0.5) is 11.4 Å². The molecule has 1 saturated heterocycles. The third kappa shape index (κ3) is 5.29. The minimum absolute atomic E-state index is 0.0804. The molecule has 1 aliphatic heterocycles. The zero-order chi connectivity index (χ0) is 23.4. The van der Waals surface area contributed by atoms with Gasteiger partial charge in [0.05, 0.1) is 17.2 Å². The molecule has 4 rings (SSSR count). The molecule has 168 valence electrons. The molecule has 33 heavy (non-hydrogen) atoms. The molecule has 1 atom stereocenters. The number of carbonyl (C=O) groups excluding carboxylic acids is 3. The number of hydrogen-bond acceptors (Lipinski definition) is 3. The Hall–Kier alpha value is -3.93. The van der Waals surface area contributed by atoms with E-state index in [9.17, 15) is 14.4 Å². The number of anilines is 2. The third-order valence-corrected chi connectivity index (χ3v) is 5.84. The molecule has 3 amide bonds. The van der Waals surface area contributed by atoms with Gasteiger partial charge in [-0.2, -0.15) is 0 Å². The van der Waals surface area contributed by atoms with Gasteiger partial charge in [-0.15, -0.1) is 0 Å². The van der Waals surface area contributed by atoms with Gasteiger partial charge < -0.3 is 15.5 Å². The highest BCUT2D eigenvalue weighted by Gasteiger charge is 2.35. The van der Waals surface area contributed by atoms with Gasteiger partial charge in [0.15, 0.2) is 0 Å². The predicted molar refractivity (Wildman–Crippen MR) is 129 cm³/mol. The lowest BCUT2D eigenvalue weighted by atomic mass is 10.1. The number of carbonyl (C=O) groups is 3. The number of rotatable bonds is 6. The lowest BCUT2D eigenvalue weighted by Gasteiger charge is -2.17. The van der Waals surface area contributed by atoms with Gasteiger partial charge in [-0.1, -0.05) is 59.7 Å². The Labute approximate surface area is 193 Å². The van der Waals surface area contributed by atoms with Crippen LogP contribution in [-0.2, 0) is 16.1 Å². The standard InChI is InChI=1S/C27H27N3O3/c1-18-7-11-20(12-8-18)16-28-27(33)23-5-3-4-6-24(23)29-26(32)21-15-25(31)30(17-21)22-13-9-19(2)10-14-22/h3-14,21H,15-17H2,1-2H3,(H,28,33)(H,29,32)/t21-/m0/s1. The van der Waals surface area contributed by atoms with Gasteiger partial charge >= 0.3 is 0 Å². The van der Waals surface area contributed by atoms with Crippen molar-refractivity contribution in [3.05, 3.63) is 95.1 Å². The van der Waals surface area contributed by atoms with Gasteiger partial charge in [-0.05, 0) is 43.7 Å². The summed E-state index contributed by atoms with van der Waals surface area (Å²) in [7, 11) is 0. The molecule has 1 aliphatic rings. The first kappa shape index (κ1) is 22.3. The van der Waals surface area contributed by atoms with E-state index in [2.05, 4.69) is 10.6 Å². The SMILES string of the molecule is Cc1ccc(CNC(=O)c2ccccc2NC(=O)[C@H]2CC(=O)N(c3ccc(C)cc3)C2)cc1. The van der Waals surface area contributed by atoms with Gasteiger partial charge in [-0.25, -0.2) is 0 Å². The molecule has 0 radical (unpaired) electrons. The summed E-state index contributed by atoms with van der Waals surface area (Å²) in [5, 5.41) is 5.77. The zero-order valence-corrected chi connectivity index (χ0v) is 18.8. The van der Waals surface area contributed by atoms with E-state index in [0.717, 1.165) is 22.4 Å². The predicted octanol–water partition coefficient (Wildman–Crippen LogP) is 4.23. The lowest BCUT2D eigenvalue weighted by Crippen LogP contribution is -2.29. The first-order valence-corrected chi connectivity index (χ1v) is 11.0. The molecule has 0 unspecified atom stereocenters. The van der Waals surface area contributed by atoms with Gasteiger partial charge in [0.2, 0.25) is 11.8 Å². The molecule has 6 nitrogen and oxygen atoms in total. The molecule has 3 aromatic rings. The van der Waals surface area contributed by atoms with Crippen molar-refractivity contribution in [2.24, 2.45) is 5.92 Å². The summed E-state index contributed by atoms with van der Waals surface area (Å²) < 4.78 is 0. The summed E-state index contributed by atoms with van der Waals surface area (Å²) in [6.07, 6.45) is 0.140. The smallest absolute Gasteiger partial charge is 0.253 e. The van der Waals surface area contributed by atoms with Crippen molar-refractivity contribution < 1.29 is 14.4 Å². The summed E-state index contributed by atoms with van der Waals surface area (Å²) in [5.41, 5.74) is 4.87. The lowest BCUT2D eigenvalue weighted by molar-refractivity contribution is -0.122. The minimum Gasteiger partial charge on any atom is -0.348 e. The summed E-state index contributed by atoms with van der Waals surface area (Å²) in [5.74, 6) is -1.10. The quantitative estimate of drug-likeness (QED) is 0.601. The van der Waals surface area contributed by atoms with Crippen LogP contribution in [0.3, 0.4) is 0 Å². The second-order valence-electron chi connectivity index (χ2n) is 8.44. The Morgan fingerprint density at radius 3 is 2.24 bits per heavy atom. The van der Waals surface area contributed by atoms with Crippen LogP contribution >= 0.6 is 0 Å². The minimum atomic E-state index is -0.484. The molecular weight excluding hydrogens is 414 g/mol. The highest BCUT2D eigenvalue weighted by atomic mass is 16.2. The number of aryl methyl sites for hydroxylation is 2. The number of hydrogen-bond donors (Lipinski definition) is 2. The first-order valence-electron chi connectivity index (χ1n) is 11.0. The largest absolute Gasteiger partial charge is 0.348 e. The Morgan fingerprint density at radius 2 is 1.55 bits per heavy atom. The van der Waals surface area contributed by atoms with Crippen LogP contribution in [0.25, 0.3) is 0 Å². The maximum atomic E-state index is 13.0. The molecular formula is C27H27N3O3. The average molecular weight is 442 g/mol. The third-order valence-electron chi connectivity index (χ3n) is 5.84. The van der Waals surface area contributed by atoms with Crippen LogP contribution in [0.2, 0.25) is 0 Å². The summed E-state index contributed by atoms with van der Waals surface area (Å²) >= 11 is 0. The van der Waals surface area contributed by atoms with Crippen LogP contribution in [0, 0.1) is 19.8 Å². The average Bonchev–Trinajstić information content (AvgIpc) is 3.21. The second-order valence-corrected chi connectivity index (χ2v) is 8.44. The topological polar surface area (TPSA) is 78.5 Å². The molecule has 1 fully saturated rings. The van der Waals surface area contributed by atoms with Crippen molar-refractivity contribution in [2.75, 3.05) is 16.8 Å². The first-order chi connectivity index (χ1) is 15.9. The van der Waals surface area contributed by atoms with E-state index in [0.29, 0.717) is 24.3 Å². The van der Waals surface area contributed by atoms with E-state index >= 15 is 0 Å². The van der Waals surface area contributed by atoms with Crippen molar-refractivity contribution in [2.45, 2.75) is 26.8 Å². The second kappa shape index (κ2) is 9.69. The van der Waals surface area contributed by atoms with E-state index in [1.165, 1.54) is 0 Å². The molecule has 1 heterocycles. The van der Waals surface area contributed by atoms with Crippen molar-refractivity contribution >= 4 is 29.1 Å². The van der Waals surface area contributed by atoms with Gasteiger partial charge in [0.25, 0.3) is 5.91 Å². The molecule has 6 heteroatoms. The van der Waals surface area contributed by atoms with E-state index in [1.807, 2.05) is 62.4 Å². The number of amides is 3. The molecule has 0 bridgehead atoms. The maximum absolute atomic E-state index is 13.0. The molecule has 2 N–H and O–H groups in total. The molecule has 0 saturated carbocycles. The molecule has 3 aromatic carbocycles. The summed E-state index contributed by atoms with van der Waals surface area (Å²) in [6, 6.07) is 22.5. The van der Waals surface area contributed by atoms with Crippen molar-refractivity contribution in [3.8, 4) is 0 Å². The normalized spacial score (nSPS) is 15.4. The van der Waals surface area contributed by atoms with Crippen LogP contribution in [0.5, 0.6) is 0 Å². The van der Waals surface area contributed by atoms with Crippen LogP contribution in [0.15, 0.2) is 72.8 Å². The number of benzene rings is 3. The van der Waals surface area contributed by atoms with Crippen LogP contribution in [0.1, 0.15) is 33.5 Å². The number of nitrogens with one attached hydrogen (secondary N) is 2. The maximum Gasteiger partial charge on any atom is 0.253 e. The van der Waals surface area contributed by atoms with E-state index in [4.69, 9.17) is 0 Å². The number of para-hydroxylation sites is 1. The van der Waals surface area contributed by atoms with Gasteiger partial charge in [0.1, 0.15) is 0 Å². The van der Waals surface area contributed by atoms with E-state index in [-0.39, 0.29) is 24.1 Å². The summed E-state index contributed by atoms with van der Waals surface area (Å²) in [6.45, 7) is 4.71. The van der Waals surface area contributed by atoms with E-state index < -0.39 is 5.92 Å². The Balaban J connectivity index is 1.41. The highest BCUT2D eigenvalue weighted by molar-refractivity contribution is 6.07. The van der Waals surface area contributed by atoms with Crippen molar-refractivity contribution in [1.29, 1.82) is 0 Å². The molecule has 0 aliphatic carbocycles. The Bertz CT molecular complexity index is 1170. The van der Waals surface area contributed by atoms with Gasteiger partial charge in [0, 0.05) is 25.2 Å². The fraction of sp³-hybridized carbons (Fsp3) is 0.222. The van der Waals surface area contributed by atoms with Gasteiger partial charge in [-0.3, -0.25) is 14.4 Å². The molecule has 0 spiro atoms. The summed E-state index contributed by atoms with van der Waals surface area (Å²) in [4.78, 5) is 39.9. The highest BCUT2D eigenvalue weighted by Crippen LogP contribution is 2.27. The Morgan fingerprint density at radius 1 is 0.909 bits per heavy atom. The fourth-order valence-electron chi connectivity index (χ4n) is 3.87. The monoisotopic (exact) mass is 441 g/mol. The van der Waals surface area contributed by atoms with Crippen molar-refractivity contribution in [1.82, 2.24) is 5.32 Å². The van der Waals surface area contributed by atoms with Crippen molar-refractivity contribution in [3.63, 3.8) is 0 Å². The van der Waals surface area contributed by atoms with Crippen LogP contribution < -0.4 is 15.5 Å². The number of nitrogens with zero attached hydrogens (tertiary/aromatic N) is 1. The zero-order valence-electron chi connectivity index (χ0n) is 18.8. The van der Waals surface area contributed by atoms with E-state index in [1.54, 1.807) is 29.2 Å².